The summed E-state index contributed by atoms with van der Waals surface area (Å²) in [4.78, 5) is 12.6. The SMILES string of the molecule is CNCC(Nc1ccc(Cl)cc1)c1nc(-c2ccncn2)n[nH]1. The van der Waals surface area contributed by atoms with Gasteiger partial charge in [-0.2, -0.15) is 5.10 Å². The molecular formula is C15H16ClN7. The quantitative estimate of drug-likeness (QED) is 0.642. The van der Waals surface area contributed by atoms with Crippen LogP contribution < -0.4 is 10.6 Å². The minimum atomic E-state index is -0.0655. The van der Waals surface area contributed by atoms with Gasteiger partial charge in [0.05, 0.1) is 6.04 Å². The molecule has 23 heavy (non-hydrogen) atoms. The fourth-order valence-corrected chi connectivity index (χ4v) is 2.26. The van der Waals surface area contributed by atoms with Crippen molar-refractivity contribution in [2.75, 3.05) is 18.9 Å². The summed E-state index contributed by atoms with van der Waals surface area (Å²) >= 11 is 5.92. The third-order valence-corrected chi connectivity index (χ3v) is 3.49. The van der Waals surface area contributed by atoms with E-state index in [4.69, 9.17) is 11.6 Å². The van der Waals surface area contributed by atoms with E-state index in [-0.39, 0.29) is 6.04 Å². The van der Waals surface area contributed by atoms with Crippen molar-refractivity contribution >= 4 is 17.3 Å². The molecule has 0 spiro atoms. The highest BCUT2D eigenvalue weighted by molar-refractivity contribution is 6.30. The molecule has 0 fully saturated rings. The number of halogens is 1. The van der Waals surface area contributed by atoms with Gasteiger partial charge in [0.2, 0.25) is 0 Å². The molecule has 0 aliphatic rings. The summed E-state index contributed by atoms with van der Waals surface area (Å²) in [6.07, 6.45) is 3.14. The number of nitrogens with one attached hydrogen (secondary N) is 3. The van der Waals surface area contributed by atoms with Gasteiger partial charge in [-0.1, -0.05) is 11.6 Å². The lowest BCUT2D eigenvalue weighted by Crippen LogP contribution is -2.24. The molecule has 3 aromatic rings. The second-order valence-corrected chi connectivity index (χ2v) is 5.34. The Bertz CT molecular complexity index is 742. The number of hydrogen-bond acceptors (Lipinski definition) is 6. The first kappa shape index (κ1) is 15.4. The molecule has 3 N–H and O–H groups in total. The first-order valence-electron chi connectivity index (χ1n) is 7.11. The summed E-state index contributed by atoms with van der Waals surface area (Å²) in [6.45, 7) is 0.682. The van der Waals surface area contributed by atoms with Crippen LogP contribution in [0.25, 0.3) is 11.5 Å². The number of anilines is 1. The number of aromatic amines is 1. The van der Waals surface area contributed by atoms with Crippen LogP contribution in [-0.2, 0) is 0 Å². The Morgan fingerprint density at radius 2 is 2.04 bits per heavy atom. The topological polar surface area (TPSA) is 91.4 Å². The van der Waals surface area contributed by atoms with Crippen molar-refractivity contribution in [2.45, 2.75) is 6.04 Å². The molecule has 0 radical (unpaired) electrons. The van der Waals surface area contributed by atoms with E-state index in [0.29, 0.717) is 23.1 Å². The van der Waals surface area contributed by atoms with Crippen LogP contribution in [0.2, 0.25) is 5.02 Å². The van der Waals surface area contributed by atoms with Crippen molar-refractivity contribution in [3.05, 3.63) is 53.7 Å². The van der Waals surface area contributed by atoms with Crippen molar-refractivity contribution in [1.29, 1.82) is 0 Å². The van der Waals surface area contributed by atoms with Crippen molar-refractivity contribution in [2.24, 2.45) is 0 Å². The fraction of sp³-hybridized carbons (Fsp3) is 0.200. The lowest BCUT2D eigenvalue weighted by atomic mass is 10.2. The third kappa shape index (κ3) is 3.82. The molecule has 8 heteroatoms. The van der Waals surface area contributed by atoms with Crippen molar-refractivity contribution < 1.29 is 0 Å². The average molecular weight is 330 g/mol. The van der Waals surface area contributed by atoms with Crippen molar-refractivity contribution in [3.63, 3.8) is 0 Å². The zero-order chi connectivity index (χ0) is 16.1. The molecule has 0 saturated heterocycles. The summed E-state index contributed by atoms with van der Waals surface area (Å²) in [6, 6.07) is 9.23. The summed E-state index contributed by atoms with van der Waals surface area (Å²) in [7, 11) is 1.89. The van der Waals surface area contributed by atoms with E-state index in [0.717, 1.165) is 11.5 Å². The molecule has 0 bridgehead atoms. The van der Waals surface area contributed by atoms with Gasteiger partial charge in [0, 0.05) is 23.5 Å². The molecule has 0 aliphatic heterocycles. The van der Waals surface area contributed by atoms with E-state index in [1.807, 2.05) is 31.3 Å². The average Bonchev–Trinajstić information content (AvgIpc) is 3.07. The Morgan fingerprint density at radius 3 is 2.74 bits per heavy atom. The Labute approximate surface area is 138 Å². The van der Waals surface area contributed by atoms with Crippen LogP contribution in [0.5, 0.6) is 0 Å². The molecule has 2 aromatic heterocycles. The van der Waals surface area contributed by atoms with Crippen molar-refractivity contribution in [3.8, 4) is 11.5 Å². The first-order chi connectivity index (χ1) is 11.3. The first-order valence-corrected chi connectivity index (χ1v) is 7.49. The normalized spacial score (nSPS) is 12.1. The molecule has 0 amide bonds. The molecular weight excluding hydrogens is 314 g/mol. The lowest BCUT2D eigenvalue weighted by molar-refractivity contribution is 0.655. The Kier molecular flexibility index (Phi) is 4.80. The molecule has 1 atom stereocenters. The van der Waals surface area contributed by atoms with E-state index in [2.05, 4.69) is 35.8 Å². The van der Waals surface area contributed by atoms with E-state index in [9.17, 15) is 0 Å². The maximum Gasteiger partial charge on any atom is 0.199 e. The number of likely N-dealkylation sites (N-methyl/N-ethyl adjacent to an activating group) is 1. The Morgan fingerprint density at radius 1 is 1.22 bits per heavy atom. The highest BCUT2D eigenvalue weighted by Crippen LogP contribution is 2.20. The molecule has 2 heterocycles. The van der Waals surface area contributed by atoms with Gasteiger partial charge in [-0.25, -0.2) is 15.0 Å². The molecule has 0 aliphatic carbocycles. The zero-order valence-corrected chi connectivity index (χ0v) is 13.2. The van der Waals surface area contributed by atoms with Gasteiger partial charge in [-0.15, -0.1) is 0 Å². The Hall–Kier alpha value is -2.51. The van der Waals surface area contributed by atoms with E-state index < -0.39 is 0 Å². The van der Waals surface area contributed by atoms with Crippen molar-refractivity contribution in [1.82, 2.24) is 30.5 Å². The highest BCUT2D eigenvalue weighted by Gasteiger charge is 2.16. The van der Waals surface area contributed by atoms with Crippen LogP contribution in [0.3, 0.4) is 0 Å². The molecule has 0 saturated carbocycles. The van der Waals surface area contributed by atoms with E-state index in [1.54, 1.807) is 12.3 Å². The van der Waals surface area contributed by atoms with Gasteiger partial charge in [-0.3, -0.25) is 5.10 Å². The van der Waals surface area contributed by atoms with E-state index >= 15 is 0 Å². The second kappa shape index (κ2) is 7.17. The predicted molar refractivity (Wildman–Crippen MR) is 89.2 cm³/mol. The minimum absolute atomic E-state index is 0.0655. The molecule has 7 nitrogen and oxygen atoms in total. The number of benzene rings is 1. The van der Waals surface area contributed by atoms with Gasteiger partial charge in [0.15, 0.2) is 5.82 Å². The molecule has 1 unspecified atom stereocenters. The number of nitrogens with zero attached hydrogens (tertiary/aromatic N) is 4. The highest BCUT2D eigenvalue weighted by atomic mass is 35.5. The predicted octanol–water partition coefficient (Wildman–Crippen LogP) is 2.29. The van der Waals surface area contributed by atoms with Crippen LogP contribution >= 0.6 is 11.6 Å². The van der Waals surface area contributed by atoms with Gasteiger partial charge in [0.25, 0.3) is 0 Å². The van der Waals surface area contributed by atoms with Crippen LogP contribution in [0.4, 0.5) is 5.69 Å². The number of aromatic nitrogens is 5. The third-order valence-electron chi connectivity index (χ3n) is 3.24. The smallest absolute Gasteiger partial charge is 0.199 e. The largest absolute Gasteiger partial charge is 0.374 e. The fourth-order valence-electron chi connectivity index (χ4n) is 2.14. The second-order valence-electron chi connectivity index (χ2n) is 4.90. The molecule has 1 aromatic carbocycles. The van der Waals surface area contributed by atoms with Gasteiger partial charge in [-0.05, 0) is 37.4 Å². The van der Waals surface area contributed by atoms with Crippen LogP contribution in [0, 0.1) is 0 Å². The van der Waals surface area contributed by atoms with Crippen LogP contribution in [0.1, 0.15) is 11.9 Å². The van der Waals surface area contributed by atoms with Crippen LogP contribution in [-0.4, -0.2) is 38.7 Å². The summed E-state index contributed by atoms with van der Waals surface area (Å²) in [5, 5.41) is 14.4. The maximum atomic E-state index is 5.92. The van der Waals surface area contributed by atoms with Crippen LogP contribution in [0.15, 0.2) is 42.9 Å². The monoisotopic (exact) mass is 329 g/mol. The summed E-state index contributed by atoms with van der Waals surface area (Å²) in [5.74, 6) is 1.27. The summed E-state index contributed by atoms with van der Waals surface area (Å²) in [5.41, 5.74) is 1.63. The summed E-state index contributed by atoms with van der Waals surface area (Å²) < 4.78 is 0. The molecule has 3 rings (SSSR count). The maximum absolute atomic E-state index is 5.92. The Balaban J connectivity index is 1.81. The van der Waals surface area contributed by atoms with Gasteiger partial charge >= 0.3 is 0 Å². The number of H-pyrrole nitrogens is 1. The molecule has 118 valence electrons. The number of rotatable bonds is 6. The lowest BCUT2D eigenvalue weighted by Gasteiger charge is -2.17. The standard InChI is InChI=1S/C15H16ClN7/c1-17-8-13(20-11-4-2-10(16)3-5-11)15-21-14(22-23-15)12-6-7-18-9-19-12/h2-7,9,13,17,20H,8H2,1H3,(H,21,22,23). The van der Waals surface area contributed by atoms with E-state index in [1.165, 1.54) is 6.33 Å². The zero-order valence-electron chi connectivity index (χ0n) is 12.5. The van der Waals surface area contributed by atoms with Gasteiger partial charge < -0.3 is 10.6 Å². The van der Waals surface area contributed by atoms with Gasteiger partial charge in [0.1, 0.15) is 17.8 Å². The number of hydrogen-bond donors (Lipinski definition) is 3. The minimum Gasteiger partial charge on any atom is -0.374 e.